The van der Waals surface area contributed by atoms with Crippen molar-refractivity contribution in [3.8, 4) is 0 Å². The van der Waals surface area contributed by atoms with Gasteiger partial charge in [-0.05, 0) is 36.6 Å². The second-order valence-electron chi connectivity index (χ2n) is 5.36. The normalized spacial score (nSPS) is 11.3. The summed E-state index contributed by atoms with van der Waals surface area (Å²) in [5, 5.41) is 11.4. The third-order valence-corrected chi connectivity index (χ3v) is 4.86. The number of hydrogen-bond donors (Lipinski definition) is 1. The molecule has 3 aromatic rings. The smallest absolute Gasteiger partial charge is 0.0689 e. The van der Waals surface area contributed by atoms with Gasteiger partial charge >= 0.3 is 0 Å². The van der Waals surface area contributed by atoms with Crippen LogP contribution in [0, 0.1) is 6.92 Å². The summed E-state index contributed by atoms with van der Waals surface area (Å²) in [7, 11) is 0. The molecule has 0 aliphatic rings. The van der Waals surface area contributed by atoms with E-state index in [9.17, 15) is 5.11 Å². The van der Waals surface area contributed by atoms with E-state index in [1.54, 1.807) is 0 Å². The van der Waals surface area contributed by atoms with Crippen LogP contribution in [-0.4, -0.2) is 16.3 Å². The first kappa shape index (κ1) is 15.4. The maximum Gasteiger partial charge on any atom is 0.0689 e. The second kappa shape index (κ2) is 6.33. The van der Waals surface area contributed by atoms with Gasteiger partial charge < -0.3 is 9.67 Å². The first-order chi connectivity index (χ1) is 10.6. The van der Waals surface area contributed by atoms with E-state index in [1.165, 1.54) is 5.56 Å². The summed E-state index contributed by atoms with van der Waals surface area (Å²) in [5.41, 5.74) is 4.47. The van der Waals surface area contributed by atoms with E-state index < -0.39 is 0 Å². The van der Waals surface area contributed by atoms with E-state index in [4.69, 9.17) is 23.2 Å². The standard InChI is InChI=1S/C18H17Cl2NO/c1-12-14(9-10-22)17-16(8-7-15(19)18(17)20)21(12)11-13-5-3-2-4-6-13/h2-8,22H,9-11H2,1H3. The highest BCUT2D eigenvalue weighted by molar-refractivity contribution is 6.45. The van der Waals surface area contributed by atoms with Crippen LogP contribution in [0.15, 0.2) is 42.5 Å². The Balaban J connectivity index is 2.22. The van der Waals surface area contributed by atoms with E-state index in [-0.39, 0.29) is 6.61 Å². The molecule has 1 aromatic heterocycles. The molecule has 2 aromatic carbocycles. The molecule has 0 saturated heterocycles. The summed E-state index contributed by atoms with van der Waals surface area (Å²) >= 11 is 12.6. The van der Waals surface area contributed by atoms with Crippen molar-refractivity contribution >= 4 is 34.1 Å². The van der Waals surface area contributed by atoms with Gasteiger partial charge in [0.15, 0.2) is 0 Å². The fraction of sp³-hybridized carbons (Fsp3) is 0.222. The Morgan fingerprint density at radius 2 is 1.77 bits per heavy atom. The number of hydrogen-bond acceptors (Lipinski definition) is 1. The molecule has 3 rings (SSSR count). The molecule has 0 amide bonds. The predicted molar refractivity (Wildman–Crippen MR) is 93.0 cm³/mol. The number of rotatable bonds is 4. The molecule has 0 bridgehead atoms. The number of aliphatic hydroxyl groups is 1. The minimum absolute atomic E-state index is 0.0914. The van der Waals surface area contributed by atoms with Gasteiger partial charge in [-0.3, -0.25) is 0 Å². The van der Waals surface area contributed by atoms with Gasteiger partial charge in [0.05, 0.1) is 15.6 Å². The Labute approximate surface area is 139 Å². The molecule has 0 unspecified atom stereocenters. The zero-order valence-corrected chi connectivity index (χ0v) is 13.8. The molecule has 1 N–H and O–H groups in total. The fourth-order valence-corrected chi connectivity index (χ4v) is 3.40. The highest BCUT2D eigenvalue weighted by Crippen LogP contribution is 2.37. The molecule has 114 valence electrons. The van der Waals surface area contributed by atoms with E-state index in [0.29, 0.717) is 16.5 Å². The minimum Gasteiger partial charge on any atom is -0.396 e. The zero-order chi connectivity index (χ0) is 15.7. The zero-order valence-electron chi connectivity index (χ0n) is 12.3. The summed E-state index contributed by atoms with van der Waals surface area (Å²) in [6.45, 7) is 2.93. The second-order valence-corrected chi connectivity index (χ2v) is 6.15. The van der Waals surface area contributed by atoms with E-state index in [1.807, 2.05) is 30.3 Å². The van der Waals surface area contributed by atoms with Crippen molar-refractivity contribution in [2.45, 2.75) is 19.9 Å². The number of nitrogens with zero attached hydrogens (tertiary/aromatic N) is 1. The Kier molecular flexibility index (Phi) is 4.44. The molecule has 0 aliphatic carbocycles. The lowest BCUT2D eigenvalue weighted by molar-refractivity contribution is 0.299. The van der Waals surface area contributed by atoms with Gasteiger partial charge in [0.25, 0.3) is 0 Å². The fourth-order valence-electron chi connectivity index (χ4n) is 2.96. The van der Waals surface area contributed by atoms with Crippen LogP contribution in [0.4, 0.5) is 0 Å². The number of aromatic nitrogens is 1. The van der Waals surface area contributed by atoms with Crippen LogP contribution < -0.4 is 0 Å². The Morgan fingerprint density at radius 3 is 2.45 bits per heavy atom. The maximum atomic E-state index is 9.38. The van der Waals surface area contributed by atoms with Crippen LogP contribution in [0.1, 0.15) is 16.8 Å². The molecular weight excluding hydrogens is 317 g/mol. The van der Waals surface area contributed by atoms with E-state index in [2.05, 4.69) is 23.6 Å². The Hall–Kier alpha value is -1.48. The van der Waals surface area contributed by atoms with Crippen LogP contribution >= 0.6 is 23.2 Å². The molecule has 0 radical (unpaired) electrons. The highest BCUT2D eigenvalue weighted by Gasteiger charge is 2.18. The van der Waals surface area contributed by atoms with Crippen molar-refractivity contribution in [1.29, 1.82) is 0 Å². The average Bonchev–Trinajstić information content (AvgIpc) is 2.78. The van der Waals surface area contributed by atoms with E-state index in [0.717, 1.165) is 28.7 Å². The Morgan fingerprint density at radius 1 is 1.05 bits per heavy atom. The van der Waals surface area contributed by atoms with Crippen LogP contribution in [0.25, 0.3) is 10.9 Å². The lowest BCUT2D eigenvalue weighted by Gasteiger charge is -2.09. The summed E-state index contributed by atoms with van der Waals surface area (Å²) in [6.07, 6.45) is 0.574. The third-order valence-electron chi connectivity index (χ3n) is 4.05. The van der Waals surface area contributed by atoms with Gasteiger partial charge in [-0.2, -0.15) is 0 Å². The molecule has 2 nitrogen and oxygen atoms in total. The molecule has 1 heterocycles. The summed E-state index contributed by atoms with van der Waals surface area (Å²) in [4.78, 5) is 0. The van der Waals surface area contributed by atoms with Gasteiger partial charge in [0.2, 0.25) is 0 Å². The van der Waals surface area contributed by atoms with Crippen molar-refractivity contribution in [2.75, 3.05) is 6.61 Å². The molecule has 22 heavy (non-hydrogen) atoms. The van der Waals surface area contributed by atoms with Crippen molar-refractivity contribution in [3.05, 3.63) is 69.3 Å². The van der Waals surface area contributed by atoms with Crippen molar-refractivity contribution < 1.29 is 5.11 Å². The van der Waals surface area contributed by atoms with Crippen LogP contribution in [0.3, 0.4) is 0 Å². The van der Waals surface area contributed by atoms with Crippen molar-refractivity contribution in [1.82, 2.24) is 4.57 Å². The van der Waals surface area contributed by atoms with Crippen LogP contribution in [-0.2, 0) is 13.0 Å². The van der Waals surface area contributed by atoms with Crippen molar-refractivity contribution in [3.63, 3.8) is 0 Å². The SMILES string of the molecule is Cc1c(CCO)c2c(Cl)c(Cl)ccc2n1Cc1ccccc1. The van der Waals surface area contributed by atoms with Gasteiger partial charge in [-0.25, -0.2) is 0 Å². The van der Waals surface area contributed by atoms with Gasteiger partial charge in [0, 0.05) is 24.2 Å². The molecule has 0 fully saturated rings. The quantitative estimate of drug-likeness (QED) is 0.726. The summed E-state index contributed by atoms with van der Waals surface area (Å²) in [5.74, 6) is 0. The first-order valence-electron chi connectivity index (χ1n) is 7.24. The monoisotopic (exact) mass is 333 g/mol. The molecule has 0 spiro atoms. The van der Waals surface area contributed by atoms with Crippen LogP contribution in [0.2, 0.25) is 10.0 Å². The number of aliphatic hydroxyl groups excluding tert-OH is 1. The summed E-state index contributed by atoms with van der Waals surface area (Å²) < 4.78 is 2.23. The van der Waals surface area contributed by atoms with E-state index >= 15 is 0 Å². The molecule has 4 heteroatoms. The van der Waals surface area contributed by atoms with Gasteiger partial charge in [-0.1, -0.05) is 53.5 Å². The lowest BCUT2D eigenvalue weighted by atomic mass is 10.1. The van der Waals surface area contributed by atoms with Crippen molar-refractivity contribution in [2.24, 2.45) is 0 Å². The number of benzene rings is 2. The van der Waals surface area contributed by atoms with Gasteiger partial charge in [0.1, 0.15) is 0 Å². The molecular formula is C18H17Cl2NO. The molecule has 0 atom stereocenters. The highest BCUT2D eigenvalue weighted by atomic mass is 35.5. The topological polar surface area (TPSA) is 25.2 Å². The third kappa shape index (κ3) is 2.63. The Bertz CT molecular complexity index is 809. The largest absolute Gasteiger partial charge is 0.396 e. The first-order valence-corrected chi connectivity index (χ1v) is 7.99. The maximum absolute atomic E-state index is 9.38. The van der Waals surface area contributed by atoms with Gasteiger partial charge in [-0.15, -0.1) is 0 Å². The number of halogens is 2. The van der Waals surface area contributed by atoms with Crippen LogP contribution in [0.5, 0.6) is 0 Å². The average molecular weight is 334 g/mol. The predicted octanol–water partition coefficient (Wildman–Crippen LogP) is 4.84. The summed E-state index contributed by atoms with van der Waals surface area (Å²) in [6, 6.07) is 14.1. The molecule has 0 saturated carbocycles. The minimum atomic E-state index is 0.0914. The lowest BCUT2D eigenvalue weighted by Crippen LogP contribution is -2.02. The number of fused-ring (bicyclic) bond motifs is 1. The molecule has 0 aliphatic heterocycles.